The van der Waals surface area contributed by atoms with Crippen molar-refractivity contribution >= 4 is 20.4 Å². The summed E-state index contributed by atoms with van der Waals surface area (Å²) in [6, 6.07) is 22.3. The highest BCUT2D eigenvalue weighted by molar-refractivity contribution is 6.92. The van der Waals surface area contributed by atoms with Crippen molar-refractivity contribution in [1.29, 1.82) is 0 Å². The second-order valence-electron chi connectivity index (χ2n) is 12.2. The lowest BCUT2D eigenvalue weighted by Gasteiger charge is -2.80. The Bertz CT molecular complexity index is 949. The minimum absolute atomic E-state index is 0.151. The van der Waals surface area contributed by atoms with Gasteiger partial charge in [-0.3, -0.25) is 0 Å². The van der Waals surface area contributed by atoms with Crippen molar-refractivity contribution in [2.45, 2.75) is 88.5 Å². The fourth-order valence-electron chi connectivity index (χ4n) is 6.72. The van der Waals surface area contributed by atoms with E-state index in [1.165, 1.54) is 24.8 Å². The second kappa shape index (κ2) is 6.36. The summed E-state index contributed by atoms with van der Waals surface area (Å²) >= 11 is 0. The predicted octanol–water partition coefficient (Wildman–Crippen LogP) is 6.12. The van der Waals surface area contributed by atoms with Gasteiger partial charge in [-0.15, -0.1) is 0 Å². The summed E-state index contributed by atoms with van der Waals surface area (Å²) in [5.41, 5.74) is 0.996. The van der Waals surface area contributed by atoms with E-state index in [0.717, 1.165) is 0 Å². The number of rotatable bonds is 5. The molecule has 1 saturated heterocycles. The third-order valence-corrected chi connectivity index (χ3v) is 15.0. The molecule has 4 heteroatoms. The van der Waals surface area contributed by atoms with Gasteiger partial charge in [0.2, 0.25) is 0 Å². The Morgan fingerprint density at radius 3 is 1.71 bits per heavy atom. The highest BCUT2D eigenvalue weighted by Crippen LogP contribution is 2.86. The normalized spacial score (nSPS) is 32.7. The standard InChI is InChI=1S/C27H37BO2Si/c1-23(2)24(3,4)30-28(29-23)25(5,21-14-10-8-11-15-21)26-18-27(19-26,20-26)31(6,7)22-16-12-9-13-17-22/h8-17H,18-20H2,1-7H3/t25-,26?,27?/m1/s1. The summed E-state index contributed by atoms with van der Waals surface area (Å²) < 4.78 is 13.4. The number of benzene rings is 2. The molecular weight excluding hydrogens is 395 g/mol. The third kappa shape index (κ3) is 2.65. The van der Waals surface area contributed by atoms with Crippen molar-refractivity contribution in [2.75, 3.05) is 0 Å². The van der Waals surface area contributed by atoms with Gasteiger partial charge in [0.15, 0.2) is 0 Å². The molecule has 2 aromatic carbocycles. The van der Waals surface area contributed by atoms with Gasteiger partial charge in [0.1, 0.15) is 0 Å². The third-order valence-electron chi connectivity index (χ3n) is 10.1. The van der Waals surface area contributed by atoms with E-state index in [-0.39, 0.29) is 29.0 Å². The van der Waals surface area contributed by atoms with E-state index < -0.39 is 8.07 Å². The summed E-state index contributed by atoms with van der Waals surface area (Å²) in [4.78, 5) is 0. The van der Waals surface area contributed by atoms with Gasteiger partial charge in [0.25, 0.3) is 0 Å². The fraction of sp³-hybridized carbons (Fsp3) is 0.556. The van der Waals surface area contributed by atoms with Crippen LogP contribution in [0.1, 0.15) is 59.4 Å². The Morgan fingerprint density at radius 1 is 0.774 bits per heavy atom. The SMILES string of the molecule is CC1(C)OB([C@](C)(c2ccccc2)C23CC([Si](C)(C)c4ccccc4)(C2)C3)OC1(C)C. The van der Waals surface area contributed by atoms with E-state index in [4.69, 9.17) is 9.31 Å². The smallest absolute Gasteiger partial charge is 0.403 e. The fourth-order valence-corrected chi connectivity index (χ4v) is 10.7. The maximum atomic E-state index is 6.72. The quantitative estimate of drug-likeness (QED) is 0.531. The van der Waals surface area contributed by atoms with Crippen LogP contribution in [0, 0.1) is 5.41 Å². The Morgan fingerprint density at radius 2 is 1.23 bits per heavy atom. The highest BCUT2D eigenvalue weighted by Gasteiger charge is 2.81. The molecule has 2 nitrogen and oxygen atoms in total. The molecule has 3 saturated carbocycles. The monoisotopic (exact) mass is 432 g/mol. The van der Waals surface area contributed by atoms with Gasteiger partial charge in [-0.05, 0) is 63.0 Å². The molecule has 1 heterocycles. The minimum Gasteiger partial charge on any atom is -0.403 e. The zero-order valence-corrected chi connectivity index (χ0v) is 21.3. The maximum absolute atomic E-state index is 6.72. The molecule has 31 heavy (non-hydrogen) atoms. The van der Waals surface area contributed by atoms with E-state index in [1.54, 1.807) is 5.19 Å². The van der Waals surface area contributed by atoms with E-state index in [1.807, 2.05) is 0 Å². The van der Waals surface area contributed by atoms with Crippen LogP contribution in [0.5, 0.6) is 0 Å². The highest BCUT2D eigenvalue weighted by atomic mass is 28.3. The van der Waals surface area contributed by atoms with Crippen molar-refractivity contribution in [1.82, 2.24) is 0 Å². The molecule has 1 atom stereocenters. The zero-order valence-electron chi connectivity index (χ0n) is 20.3. The predicted molar refractivity (Wildman–Crippen MR) is 132 cm³/mol. The Hall–Kier alpha value is -1.36. The van der Waals surface area contributed by atoms with E-state index in [2.05, 4.69) is 108 Å². The van der Waals surface area contributed by atoms with Gasteiger partial charge < -0.3 is 9.31 Å². The molecule has 0 radical (unpaired) electrons. The molecule has 164 valence electrons. The first-order valence-corrected chi connectivity index (χ1v) is 14.9. The summed E-state index contributed by atoms with van der Waals surface area (Å²) in [6.45, 7) is 16.3. The average Bonchev–Trinajstić information content (AvgIpc) is 2.88. The molecule has 6 rings (SSSR count). The van der Waals surface area contributed by atoms with Gasteiger partial charge >= 0.3 is 7.12 Å². The summed E-state index contributed by atoms with van der Waals surface area (Å²) in [5, 5.41) is 1.95. The lowest BCUT2D eigenvalue weighted by atomic mass is 9.27. The molecule has 4 fully saturated rings. The van der Waals surface area contributed by atoms with Crippen LogP contribution in [0.4, 0.5) is 0 Å². The van der Waals surface area contributed by atoms with Crippen molar-refractivity contribution < 1.29 is 9.31 Å². The molecule has 0 amide bonds. The second-order valence-corrected chi connectivity index (χ2v) is 17.1. The van der Waals surface area contributed by atoms with Crippen LogP contribution >= 0.6 is 0 Å². The molecule has 0 N–H and O–H groups in total. The molecule has 4 aliphatic rings. The van der Waals surface area contributed by atoms with Crippen LogP contribution in [-0.2, 0) is 14.6 Å². The molecule has 0 aromatic heterocycles. The minimum atomic E-state index is -1.56. The van der Waals surface area contributed by atoms with Crippen molar-refractivity contribution in [3.63, 3.8) is 0 Å². The summed E-state index contributed by atoms with van der Waals surface area (Å²) in [5.74, 6) is 0. The first-order valence-electron chi connectivity index (χ1n) is 11.9. The van der Waals surface area contributed by atoms with Crippen LogP contribution in [0.3, 0.4) is 0 Å². The van der Waals surface area contributed by atoms with E-state index in [0.29, 0.717) is 5.04 Å². The average molecular weight is 432 g/mol. The summed E-state index contributed by atoms with van der Waals surface area (Å²) in [7, 11) is -1.78. The van der Waals surface area contributed by atoms with Crippen LogP contribution in [0.2, 0.25) is 18.1 Å². The molecule has 2 bridgehead atoms. The number of hydrogen-bond acceptors (Lipinski definition) is 2. The molecule has 0 spiro atoms. The molecule has 2 aromatic rings. The largest absolute Gasteiger partial charge is 0.469 e. The van der Waals surface area contributed by atoms with Crippen LogP contribution in [0.25, 0.3) is 0 Å². The molecule has 0 unspecified atom stereocenters. The Kier molecular flexibility index (Phi) is 4.41. The van der Waals surface area contributed by atoms with Crippen molar-refractivity contribution in [3.05, 3.63) is 66.2 Å². The van der Waals surface area contributed by atoms with Gasteiger partial charge in [0, 0.05) is 5.31 Å². The molecular formula is C27H37BO2Si. The lowest BCUT2D eigenvalue weighted by Crippen LogP contribution is -2.77. The van der Waals surface area contributed by atoms with Gasteiger partial charge in [-0.1, -0.05) is 85.9 Å². The lowest BCUT2D eigenvalue weighted by molar-refractivity contribution is -0.136. The first kappa shape index (κ1) is 21.5. The van der Waals surface area contributed by atoms with Crippen LogP contribution in [0.15, 0.2) is 60.7 Å². The summed E-state index contributed by atoms with van der Waals surface area (Å²) in [6.07, 6.45) is 3.89. The van der Waals surface area contributed by atoms with Crippen molar-refractivity contribution in [3.8, 4) is 0 Å². The Balaban J connectivity index is 1.50. The van der Waals surface area contributed by atoms with Crippen LogP contribution < -0.4 is 5.19 Å². The van der Waals surface area contributed by atoms with Gasteiger partial charge in [0.05, 0.1) is 19.3 Å². The number of hydrogen-bond donors (Lipinski definition) is 0. The van der Waals surface area contributed by atoms with E-state index >= 15 is 0 Å². The maximum Gasteiger partial charge on any atom is 0.469 e. The topological polar surface area (TPSA) is 18.5 Å². The molecule has 1 aliphatic heterocycles. The van der Waals surface area contributed by atoms with Gasteiger partial charge in [-0.2, -0.15) is 0 Å². The Labute approximate surface area is 189 Å². The van der Waals surface area contributed by atoms with Crippen LogP contribution in [-0.4, -0.2) is 26.4 Å². The van der Waals surface area contributed by atoms with E-state index in [9.17, 15) is 0 Å². The van der Waals surface area contributed by atoms with Gasteiger partial charge in [-0.25, -0.2) is 0 Å². The van der Waals surface area contributed by atoms with Crippen molar-refractivity contribution in [2.24, 2.45) is 5.41 Å². The molecule has 3 aliphatic carbocycles. The zero-order chi connectivity index (χ0) is 22.3. The first-order chi connectivity index (χ1) is 14.4.